The van der Waals surface area contributed by atoms with Gasteiger partial charge < -0.3 is 9.84 Å². The third kappa shape index (κ3) is 2.70. The summed E-state index contributed by atoms with van der Waals surface area (Å²) in [6, 6.07) is 0. The molecule has 4 fully saturated rings. The Balaban J connectivity index is 1.73. The minimum atomic E-state index is -0.644. The highest BCUT2D eigenvalue weighted by Gasteiger charge is 2.68. The molecule has 0 heterocycles. The minimum Gasteiger partial charge on any atom is -0.481 e. The van der Waals surface area contributed by atoms with E-state index in [0.29, 0.717) is 17.4 Å². The zero-order valence-electron chi connectivity index (χ0n) is 18.4. The number of carbonyl (C=O) groups is 2. The number of ether oxygens (including phenoxy) is 1. The zero-order chi connectivity index (χ0) is 21.2. The van der Waals surface area contributed by atoms with Crippen molar-refractivity contribution in [1.82, 2.24) is 0 Å². The Labute approximate surface area is 174 Å². The maximum Gasteiger partial charge on any atom is 0.333 e. The molecule has 4 nitrogen and oxygen atoms in total. The molecule has 0 amide bonds. The fraction of sp³-hybridized carbons (Fsp3) is 0.760. The van der Waals surface area contributed by atoms with E-state index in [0.717, 1.165) is 56.9 Å². The summed E-state index contributed by atoms with van der Waals surface area (Å²) in [6.45, 7) is 12.4. The first-order chi connectivity index (χ1) is 13.6. The Bertz CT molecular complexity index is 782. The van der Waals surface area contributed by atoms with E-state index in [1.807, 2.05) is 13.8 Å². The van der Waals surface area contributed by atoms with Crippen LogP contribution in [-0.2, 0) is 14.3 Å². The van der Waals surface area contributed by atoms with Gasteiger partial charge in [-0.15, -0.1) is 0 Å². The molecule has 0 aliphatic heterocycles. The SMILES string of the molecule is C=C1[C@@H]2CC[C@H]3[C@]4(C)CCC[C@@](C)(C(=O)O)[C@H]4CC[C@]3(C2)[C@@H]1OC(=O)/C(C)=C/C. The van der Waals surface area contributed by atoms with E-state index in [2.05, 4.69) is 13.5 Å². The molecule has 4 aliphatic carbocycles. The van der Waals surface area contributed by atoms with Crippen LogP contribution in [0.25, 0.3) is 0 Å². The average Bonchev–Trinajstić information content (AvgIpc) is 2.87. The van der Waals surface area contributed by atoms with Crippen LogP contribution in [-0.4, -0.2) is 23.1 Å². The summed E-state index contributed by atoms with van der Waals surface area (Å²) in [5.74, 6) is 0.151. The maximum absolute atomic E-state index is 12.7. The van der Waals surface area contributed by atoms with Gasteiger partial charge in [0.2, 0.25) is 0 Å². The third-order valence-corrected chi connectivity index (χ3v) is 9.65. The Hall–Kier alpha value is -1.58. The van der Waals surface area contributed by atoms with Gasteiger partial charge in [-0.1, -0.05) is 26.0 Å². The summed E-state index contributed by atoms with van der Waals surface area (Å²) in [7, 11) is 0. The molecule has 0 unspecified atom stereocenters. The second kappa shape index (κ2) is 6.72. The topological polar surface area (TPSA) is 63.6 Å². The molecule has 4 aliphatic rings. The van der Waals surface area contributed by atoms with Crippen LogP contribution in [0.4, 0.5) is 0 Å². The van der Waals surface area contributed by atoms with Crippen molar-refractivity contribution in [3.8, 4) is 0 Å². The molecule has 4 rings (SSSR count). The molecule has 0 saturated heterocycles. The van der Waals surface area contributed by atoms with E-state index < -0.39 is 11.4 Å². The molecule has 4 saturated carbocycles. The van der Waals surface area contributed by atoms with Crippen LogP contribution < -0.4 is 0 Å². The van der Waals surface area contributed by atoms with E-state index >= 15 is 0 Å². The minimum absolute atomic E-state index is 0.0144. The molecular formula is C25H36O4. The van der Waals surface area contributed by atoms with Gasteiger partial charge in [0.1, 0.15) is 6.10 Å². The van der Waals surface area contributed by atoms with Crippen molar-refractivity contribution in [1.29, 1.82) is 0 Å². The number of carboxylic acids is 1. The standard InChI is InChI=1S/C25H36O4/c1-6-15(2)21(26)29-20-16(3)17-8-9-19-23(4)11-7-12-24(5,22(27)28)18(23)10-13-25(19,20)14-17/h6,17-20H,3,7-14H2,1-2,4-5H3,(H,27,28)/b15-6+/t17-,18+,19+,20-,23-,24-,25-/m1/s1. The Morgan fingerprint density at radius 2 is 1.86 bits per heavy atom. The van der Waals surface area contributed by atoms with Crippen LogP contribution >= 0.6 is 0 Å². The first-order valence-corrected chi connectivity index (χ1v) is 11.4. The Morgan fingerprint density at radius 1 is 1.14 bits per heavy atom. The number of allylic oxidation sites excluding steroid dienone is 1. The summed E-state index contributed by atoms with van der Waals surface area (Å²) >= 11 is 0. The molecule has 2 bridgehead atoms. The Kier molecular flexibility index (Phi) is 4.79. The molecular weight excluding hydrogens is 364 g/mol. The van der Waals surface area contributed by atoms with Crippen LogP contribution in [0.2, 0.25) is 0 Å². The van der Waals surface area contributed by atoms with E-state index in [9.17, 15) is 14.7 Å². The van der Waals surface area contributed by atoms with Gasteiger partial charge in [-0.05, 0) is 94.5 Å². The second-order valence-corrected chi connectivity index (χ2v) is 10.8. The second-order valence-electron chi connectivity index (χ2n) is 10.8. The Morgan fingerprint density at radius 3 is 2.52 bits per heavy atom. The van der Waals surface area contributed by atoms with Crippen molar-refractivity contribution in [2.45, 2.75) is 85.2 Å². The average molecular weight is 401 g/mol. The van der Waals surface area contributed by atoms with E-state index in [1.165, 1.54) is 0 Å². The molecule has 160 valence electrons. The summed E-state index contributed by atoms with van der Waals surface area (Å²) < 4.78 is 6.15. The van der Waals surface area contributed by atoms with Crippen LogP contribution in [0.5, 0.6) is 0 Å². The van der Waals surface area contributed by atoms with Gasteiger partial charge in [-0.2, -0.15) is 0 Å². The number of esters is 1. The number of rotatable bonds is 3. The van der Waals surface area contributed by atoms with Crippen molar-refractivity contribution in [2.24, 2.45) is 34.0 Å². The van der Waals surface area contributed by atoms with Gasteiger partial charge in [0.25, 0.3) is 0 Å². The van der Waals surface area contributed by atoms with Crippen molar-refractivity contribution in [3.05, 3.63) is 23.8 Å². The largest absolute Gasteiger partial charge is 0.481 e. The third-order valence-electron chi connectivity index (χ3n) is 9.65. The number of hydrogen-bond acceptors (Lipinski definition) is 3. The molecule has 1 N–H and O–H groups in total. The number of carboxylic acid groups (broad SMARTS) is 1. The van der Waals surface area contributed by atoms with Gasteiger partial charge in [0.05, 0.1) is 5.41 Å². The fourth-order valence-corrected chi connectivity index (χ4v) is 8.10. The highest BCUT2D eigenvalue weighted by molar-refractivity contribution is 5.88. The lowest BCUT2D eigenvalue weighted by molar-refractivity contribution is -0.195. The number of carbonyl (C=O) groups excluding carboxylic acids is 1. The van der Waals surface area contributed by atoms with Gasteiger partial charge in [-0.25, -0.2) is 4.79 Å². The number of aliphatic carboxylic acids is 1. The normalized spacial score (nSPS) is 46.6. The van der Waals surface area contributed by atoms with E-state index in [4.69, 9.17) is 4.74 Å². The van der Waals surface area contributed by atoms with Crippen LogP contribution in [0.1, 0.15) is 79.1 Å². The molecule has 7 atom stereocenters. The van der Waals surface area contributed by atoms with Gasteiger partial charge in [0, 0.05) is 11.0 Å². The lowest BCUT2D eigenvalue weighted by Gasteiger charge is -2.63. The van der Waals surface area contributed by atoms with Crippen LogP contribution in [0.3, 0.4) is 0 Å². The first-order valence-electron chi connectivity index (χ1n) is 11.4. The highest BCUT2D eigenvalue weighted by Crippen LogP contribution is 2.72. The first kappa shape index (κ1) is 20.7. The summed E-state index contributed by atoms with van der Waals surface area (Å²) in [4.78, 5) is 25.0. The highest BCUT2D eigenvalue weighted by atomic mass is 16.5. The molecule has 4 heteroatoms. The van der Waals surface area contributed by atoms with Crippen LogP contribution in [0, 0.1) is 34.0 Å². The molecule has 0 radical (unpaired) electrons. The zero-order valence-corrected chi connectivity index (χ0v) is 18.4. The summed E-state index contributed by atoms with van der Waals surface area (Å²) in [6.07, 6.45) is 9.50. The van der Waals surface area contributed by atoms with Crippen molar-refractivity contribution >= 4 is 11.9 Å². The quantitative estimate of drug-likeness (QED) is 0.384. The number of fused-ring (bicyclic) bond motifs is 3. The number of hydrogen-bond donors (Lipinski definition) is 1. The lowest BCUT2D eigenvalue weighted by atomic mass is 9.40. The maximum atomic E-state index is 12.7. The van der Waals surface area contributed by atoms with Crippen molar-refractivity contribution in [2.75, 3.05) is 0 Å². The molecule has 29 heavy (non-hydrogen) atoms. The molecule has 0 aromatic rings. The summed E-state index contributed by atoms with van der Waals surface area (Å²) in [5.41, 5.74) is 1.02. The molecule has 0 aromatic heterocycles. The smallest absolute Gasteiger partial charge is 0.333 e. The molecule has 1 spiro atoms. The molecule has 0 aromatic carbocycles. The predicted octanol–water partition coefficient (Wildman–Crippen LogP) is 5.53. The van der Waals surface area contributed by atoms with Gasteiger partial charge in [0.15, 0.2) is 0 Å². The fourth-order valence-electron chi connectivity index (χ4n) is 8.10. The predicted molar refractivity (Wildman–Crippen MR) is 112 cm³/mol. The summed E-state index contributed by atoms with van der Waals surface area (Å²) in [5, 5.41) is 10.1. The van der Waals surface area contributed by atoms with Crippen LogP contribution in [0.15, 0.2) is 23.8 Å². The monoisotopic (exact) mass is 400 g/mol. The van der Waals surface area contributed by atoms with Crippen molar-refractivity contribution in [3.63, 3.8) is 0 Å². The van der Waals surface area contributed by atoms with E-state index in [1.54, 1.807) is 13.0 Å². The van der Waals surface area contributed by atoms with Gasteiger partial charge in [-0.3, -0.25) is 4.79 Å². The van der Waals surface area contributed by atoms with Crippen molar-refractivity contribution < 1.29 is 19.4 Å². The van der Waals surface area contributed by atoms with Gasteiger partial charge >= 0.3 is 11.9 Å². The lowest BCUT2D eigenvalue weighted by Crippen LogP contribution is -2.60. The van der Waals surface area contributed by atoms with E-state index in [-0.39, 0.29) is 28.8 Å².